The average Bonchev–Trinajstić information content (AvgIpc) is 2.67. The molecule has 1 saturated carbocycles. The van der Waals surface area contributed by atoms with Gasteiger partial charge in [0.2, 0.25) is 5.91 Å². The number of hydrogen-bond donors (Lipinski definition) is 1. The molecule has 1 heterocycles. The van der Waals surface area contributed by atoms with Crippen molar-refractivity contribution in [3.05, 3.63) is 41.0 Å². The molecule has 1 amide bonds. The summed E-state index contributed by atoms with van der Waals surface area (Å²) < 4.78 is 0. The van der Waals surface area contributed by atoms with Crippen LogP contribution in [0.3, 0.4) is 0 Å². The average molecular weight is 380 g/mol. The van der Waals surface area contributed by atoms with E-state index in [4.69, 9.17) is 5.26 Å². The number of nitrogens with one attached hydrogen (secondary N) is 1. The first-order chi connectivity index (χ1) is 13.5. The van der Waals surface area contributed by atoms with Gasteiger partial charge in [-0.25, -0.2) is 0 Å². The minimum absolute atomic E-state index is 0.0213. The largest absolute Gasteiger partial charge is 0.352 e. The Labute approximate surface area is 169 Å². The van der Waals surface area contributed by atoms with Crippen molar-refractivity contribution in [2.45, 2.75) is 64.8 Å². The summed E-state index contributed by atoms with van der Waals surface area (Å²) in [5, 5.41) is 11.6. The lowest BCUT2D eigenvalue weighted by Gasteiger charge is -2.32. The molecule has 4 nitrogen and oxygen atoms in total. The van der Waals surface area contributed by atoms with Crippen molar-refractivity contribution in [2.24, 2.45) is 5.92 Å². The van der Waals surface area contributed by atoms with E-state index in [9.17, 15) is 4.79 Å². The number of nitriles is 1. The van der Waals surface area contributed by atoms with Crippen molar-refractivity contribution in [3.63, 3.8) is 0 Å². The fraction of sp³-hybridized carbons (Fsp3) is 0.583. The molecule has 1 aliphatic carbocycles. The third kappa shape index (κ3) is 5.94. The maximum Gasteiger partial charge on any atom is 0.234 e. The molecule has 0 bridgehead atoms. The maximum absolute atomic E-state index is 11.5. The molecule has 2 aliphatic rings. The summed E-state index contributed by atoms with van der Waals surface area (Å²) in [5.41, 5.74) is 5.58. The fourth-order valence-electron chi connectivity index (χ4n) is 4.65. The summed E-state index contributed by atoms with van der Waals surface area (Å²) in [6, 6.07) is 9.05. The minimum atomic E-state index is -0.120. The number of aryl methyl sites for hydroxylation is 2. The van der Waals surface area contributed by atoms with Crippen LogP contribution < -0.4 is 5.32 Å². The Morgan fingerprint density at radius 1 is 1.18 bits per heavy atom. The second-order valence-electron chi connectivity index (χ2n) is 8.57. The lowest BCUT2D eigenvalue weighted by molar-refractivity contribution is -0.121. The second-order valence-corrected chi connectivity index (χ2v) is 8.57. The summed E-state index contributed by atoms with van der Waals surface area (Å²) in [6.07, 6.45) is 9.28. The minimum Gasteiger partial charge on any atom is -0.352 e. The zero-order chi connectivity index (χ0) is 19.9. The van der Waals surface area contributed by atoms with Crippen molar-refractivity contribution in [3.8, 4) is 6.07 Å². The van der Waals surface area contributed by atoms with Gasteiger partial charge < -0.3 is 5.32 Å². The lowest BCUT2D eigenvalue weighted by Crippen LogP contribution is -2.38. The molecule has 4 heteroatoms. The van der Waals surface area contributed by atoms with Crippen LogP contribution in [0.1, 0.15) is 61.6 Å². The Kier molecular flexibility index (Phi) is 7.28. The third-order valence-corrected chi connectivity index (χ3v) is 6.19. The topological polar surface area (TPSA) is 56.1 Å². The molecule has 1 aromatic carbocycles. The molecule has 0 spiro atoms. The van der Waals surface area contributed by atoms with E-state index >= 15 is 0 Å². The SMILES string of the molecule is Cc1cc(C)cc(C2=CCN(CC[C@H]3CC[C@@H](NC(=O)CC#N)CC3)CC2)c1. The van der Waals surface area contributed by atoms with Crippen LogP contribution in [0, 0.1) is 31.1 Å². The van der Waals surface area contributed by atoms with E-state index in [0.717, 1.165) is 38.3 Å². The molecule has 3 rings (SSSR count). The standard InChI is InChI=1S/C24H33N3O/c1-18-15-19(2)17-22(16-18)21-9-13-27(14-10-21)12-8-20-3-5-23(6-4-20)26-24(28)7-11-25/h9,15-17,20,23H,3-8,10,12-14H2,1-2H3,(H,26,28)/t20-,23+. The fourth-order valence-corrected chi connectivity index (χ4v) is 4.65. The predicted molar refractivity (Wildman–Crippen MR) is 114 cm³/mol. The Morgan fingerprint density at radius 3 is 2.50 bits per heavy atom. The van der Waals surface area contributed by atoms with Crippen molar-refractivity contribution in [2.75, 3.05) is 19.6 Å². The molecule has 1 N–H and O–H groups in total. The highest BCUT2D eigenvalue weighted by Gasteiger charge is 2.23. The van der Waals surface area contributed by atoms with E-state index in [2.05, 4.69) is 48.3 Å². The van der Waals surface area contributed by atoms with Crippen LogP contribution in [0.25, 0.3) is 5.57 Å². The van der Waals surface area contributed by atoms with E-state index in [0.29, 0.717) is 0 Å². The molecule has 1 fully saturated rings. The van der Waals surface area contributed by atoms with Crippen molar-refractivity contribution in [1.82, 2.24) is 10.2 Å². The number of nitrogens with zero attached hydrogens (tertiary/aromatic N) is 2. The van der Waals surface area contributed by atoms with Gasteiger partial charge in [-0.15, -0.1) is 0 Å². The molecule has 0 radical (unpaired) electrons. The van der Waals surface area contributed by atoms with Gasteiger partial charge in [0, 0.05) is 19.1 Å². The van der Waals surface area contributed by atoms with Gasteiger partial charge in [0.1, 0.15) is 6.42 Å². The second kappa shape index (κ2) is 9.89. The molecule has 1 aromatic rings. The Morgan fingerprint density at radius 2 is 1.89 bits per heavy atom. The van der Waals surface area contributed by atoms with Crippen LogP contribution in [-0.2, 0) is 4.79 Å². The molecule has 28 heavy (non-hydrogen) atoms. The molecule has 1 aliphatic heterocycles. The first-order valence-corrected chi connectivity index (χ1v) is 10.7. The highest BCUT2D eigenvalue weighted by atomic mass is 16.1. The number of carbonyl (C=O) groups is 1. The van der Waals surface area contributed by atoms with Crippen LogP contribution in [0.15, 0.2) is 24.3 Å². The van der Waals surface area contributed by atoms with Crippen molar-refractivity contribution >= 4 is 11.5 Å². The van der Waals surface area contributed by atoms with Gasteiger partial charge in [-0.3, -0.25) is 9.69 Å². The third-order valence-electron chi connectivity index (χ3n) is 6.19. The normalized spacial score (nSPS) is 23.0. The predicted octanol–water partition coefficient (Wildman–Crippen LogP) is 4.37. The molecule has 0 atom stereocenters. The monoisotopic (exact) mass is 379 g/mol. The van der Waals surface area contributed by atoms with Gasteiger partial charge in [0.15, 0.2) is 0 Å². The summed E-state index contributed by atoms with van der Waals surface area (Å²) in [4.78, 5) is 14.1. The van der Waals surface area contributed by atoms with Crippen LogP contribution >= 0.6 is 0 Å². The zero-order valence-electron chi connectivity index (χ0n) is 17.3. The van der Waals surface area contributed by atoms with Gasteiger partial charge >= 0.3 is 0 Å². The van der Waals surface area contributed by atoms with Crippen LogP contribution in [-0.4, -0.2) is 36.5 Å². The number of benzene rings is 1. The maximum atomic E-state index is 11.5. The molecular weight excluding hydrogens is 346 g/mol. The van der Waals surface area contributed by atoms with Gasteiger partial charge in [0.05, 0.1) is 6.07 Å². The van der Waals surface area contributed by atoms with Crippen molar-refractivity contribution in [1.29, 1.82) is 5.26 Å². The molecule has 150 valence electrons. The first-order valence-electron chi connectivity index (χ1n) is 10.7. The molecule has 0 aromatic heterocycles. The van der Waals surface area contributed by atoms with E-state index in [-0.39, 0.29) is 18.4 Å². The highest BCUT2D eigenvalue weighted by Crippen LogP contribution is 2.28. The summed E-state index contributed by atoms with van der Waals surface area (Å²) >= 11 is 0. The summed E-state index contributed by atoms with van der Waals surface area (Å²) in [7, 11) is 0. The van der Waals surface area contributed by atoms with E-state index in [1.807, 2.05) is 6.07 Å². The Hall–Kier alpha value is -2.12. The number of carbonyl (C=O) groups excluding carboxylic acids is 1. The van der Waals surface area contributed by atoms with Gasteiger partial charge in [0.25, 0.3) is 0 Å². The van der Waals surface area contributed by atoms with Crippen LogP contribution in [0.4, 0.5) is 0 Å². The quantitative estimate of drug-likeness (QED) is 0.798. The van der Waals surface area contributed by atoms with Gasteiger partial charge in [-0.05, 0) is 76.0 Å². The van der Waals surface area contributed by atoms with Crippen molar-refractivity contribution < 1.29 is 4.79 Å². The van der Waals surface area contributed by atoms with E-state index in [1.165, 1.54) is 48.1 Å². The smallest absolute Gasteiger partial charge is 0.234 e. The number of rotatable bonds is 6. The molecular formula is C24H33N3O. The number of hydrogen-bond acceptors (Lipinski definition) is 3. The van der Waals surface area contributed by atoms with Gasteiger partial charge in [-0.1, -0.05) is 35.4 Å². The highest BCUT2D eigenvalue weighted by molar-refractivity contribution is 5.78. The Balaban J connectivity index is 1.39. The van der Waals surface area contributed by atoms with Crippen LogP contribution in [0.2, 0.25) is 0 Å². The van der Waals surface area contributed by atoms with Crippen LogP contribution in [0.5, 0.6) is 0 Å². The molecule has 0 saturated heterocycles. The lowest BCUT2D eigenvalue weighted by atomic mass is 9.84. The summed E-state index contributed by atoms with van der Waals surface area (Å²) in [5.74, 6) is 0.652. The number of amides is 1. The molecule has 0 unspecified atom stereocenters. The Bertz CT molecular complexity index is 733. The zero-order valence-corrected chi connectivity index (χ0v) is 17.3. The summed E-state index contributed by atoms with van der Waals surface area (Å²) in [6.45, 7) is 7.73. The van der Waals surface area contributed by atoms with E-state index in [1.54, 1.807) is 0 Å². The van der Waals surface area contributed by atoms with E-state index < -0.39 is 0 Å². The van der Waals surface area contributed by atoms with Gasteiger partial charge in [-0.2, -0.15) is 5.26 Å². The first kappa shape index (κ1) is 20.6.